The second kappa shape index (κ2) is 5.35. The lowest BCUT2D eigenvalue weighted by atomic mass is 9.89. The lowest BCUT2D eigenvalue weighted by Crippen LogP contribution is -2.20. The van der Waals surface area contributed by atoms with Crippen molar-refractivity contribution in [3.05, 3.63) is 33.9 Å². The predicted octanol–water partition coefficient (Wildman–Crippen LogP) is 3.14. The standard InChI is InChI=1S/C15H18N2O4/c18-15(19)13-7-12(3-4-14(13)17(20)21)16-8-11-6-9-1-2-10(11)5-9/h3-4,7,9-11,16H,1-2,5-6,8H2,(H,18,19). The summed E-state index contributed by atoms with van der Waals surface area (Å²) in [5, 5.41) is 23.1. The Hall–Kier alpha value is -2.11. The van der Waals surface area contributed by atoms with Gasteiger partial charge in [-0.1, -0.05) is 6.42 Å². The number of aromatic carboxylic acids is 1. The molecule has 0 saturated heterocycles. The van der Waals surface area contributed by atoms with Gasteiger partial charge in [0.1, 0.15) is 5.56 Å². The van der Waals surface area contributed by atoms with Crippen molar-refractivity contribution in [3.63, 3.8) is 0 Å². The van der Waals surface area contributed by atoms with Crippen LogP contribution in [0.15, 0.2) is 18.2 Å². The molecule has 2 fully saturated rings. The van der Waals surface area contributed by atoms with E-state index in [2.05, 4.69) is 5.32 Å². The topological polar surface area (TPSA) is 92.5 Å². The van der Waals surface area contributed by atoms with Crippen molar-refractivity contribution in [2.75, 3.05) is 11.9 Å². The second-order valence-corrected chi connectivity index (χ2v) is 6.11. The van der Waals surface area contributed by atoms with Crippen LogP contribution in [0, 0.1) is 27.9 Å². The van der Waals surface area contributed by atoms with Gasteiger partial charge in [0.05, 0.1) is 4.92 Å². The van der Waals surface area contributed by atoms with E-state index in [1.54, 1.807) is 6.07 Å². The number of nitro groups is 1. The molecule has 6 nitrogen and oxygen atoms in total. The van der Waals surface area contributed by atoms with E-state index in [0.29, 0.717) is 11.6 Å². The maximum Gasteiger partial charge on any atom is 0.342 e. The number of hydrogen-bond donors (Lipinski definition) is 2. The molecule has 2 aliphatic carbocycles. The van der Waals surface area contributed by atoms with Crippen LogP contribution in [0.3, 0.4) is 0 Å². The SMILES string of the molecule is O=C(O)c1cc(NCC2CC3CCC2C3)ccc1[N+](=O)[O-]. The largest absolute Gasteiger partial charge is 0.477 e. The van der Waals surface area contributed by atoms with Crippen LogP contribution >= 0.6 is 0 Å². The van der Waals surface area contributed by atoms with E-state index in [9.17, 15) is 14.9 Å². The molecule has 3 rings (SSSR count). The predicted molar refractivity (Wildman–Crippen MR) is 77.5 cm³/mol. The fraction of sp³-hybridized carbons (Fsp3) is 0.533. The average molecular weight is 290 g/mol. The fourth-order valence-corrected chi connectivity index (χ4v) is 3.85. The quantitative estimate of drug-likeness (QED) is 0.642. The zero-order valence-corrected chi connectivity index (χ0v) is 11.6. The first-order valence-corrected chi connectivity index (χ1v) is 7.30. The Labute approximate surface area is 122 Å². The molecule has 2 aliphatic rings. The van der Waals surface area contributed by atoms with Gasteiger partial charge in [-0.15, -0.1) is 0 Å². The number of nitrogens with one attached hydrogen (secondary N) is 1. The number of carboxylic acid groups (broad SMARTS) is 1. The molecule has 112 valence electrons. The van der Waals surface area contributed by atoms with Crippen LogP contribution in [0.5, 0.6) is 0 Å². The van der Waals surface area contributed by atoms with Crippen LogP contribution in [0.4, 0.5) is 11.4 Å². The molecule has 6 heteroatoms. The fourth-order valence-electron chi connectivity index (χ4n) is 3.85. The van der Waals surface area contributed by atoms with E-state index in [4.69, 9.17) is 5.11 Å². The van der Waals surface area contributed by atoms with Gasteiger partial charge < -0.3 is 10.4 Å². The van der Waals surface area contributed by atoms with Crippen molar-refractivity contribution >= 4 is 17.3 Å². The summed E-state index contributed by atoms with van der Waals surface area (Å²) < 4.78 is 0. The molecular formula is C15H18N2O4. The zero-order valence-electron chi connectivity index (χ0n) is 11.6. The van der Waals surface area contributed by atoms with E-state index in [1.807, 2.05) is 0 Å². The maximum absolute atomic E-state index is 11.1. The van der Waals surface area contributed by atoms with Crippen LogP contribution < -0.4 is 5.32 Å². The summed E-state index contributed by atoms with van der Waals surface area (Å²) in [6.07, 6.45) is 5.23. The highest BCUT2D eigenvalue weighted by molar-refractivity contribution is 5.93. The van der Waals surface area contributed by atoms with Gasteiger partial charge in [-0.3, -0.25) is 10.1 Å². The lowest BCUT2D eigenvalue weighted by Gasteiger charge is -2.22. The summed E-state index contributed by atoms with van der Waals surface area (Å²) in [4.78, 5) is 21.3. The van der Waals surface area contributed by atoms with Crippen molar-refractivity contribution in [1.29, 1.82) is 0 Å². The van der Waals surface area contributed by atoms with Gasteiger partial charge in [0.2, 0.25) is 0 Å². The number of carbonyl (C=O) groups is 1. The van der Waals surface area contributed by atoms with E-state index < -0.39 is 10.9 Å². The molecule has 0 heterocycles. The normalized spacial score (nSPS) is 26.8. The minimum atomic E-state index is -1.27. The van der Waals surface area contributed by atoms with Crippen LogP contribution in [0.25, 0.3) is 0 Å². The zero-order chi connectivity index (χ0) is 15.0. The number of carboxylic acids is 1. The lowest BCUT2D eigenvalue weighted by molar-refractivity contribution is -0.385. The Balaban J connectivity index is 1.69. The average Bonchev–Trinajstić information content (AvgIpc) is 3.07. The maximum atomic E-state index is 11.1. The summed E-state index contributed by atoms with van der Waals surface area (Å²) in [7, 11) is 0. The highest BCUT2D eigenvalue weighted by Gasteiger charge is 2.39. The van der Waals surface area contributed by atoms with E-state index in [-0.39, 0.29) is 11.3 Å². The van der Waals surface area contributed by atoms with Crippen molar-refractivity contribution in [2.24, 2.45) is 17.8 Å². The molecule has 21 heavy (non-hydrogen) atoms. The molecule has 1 aromatic rings. The summed E-state index contributed by atoms with van der Waals surface area (Å²) in [6.45, 7) is 0.817. The number of fused-ring (bicyclic) bond motifs is 2. The first kappa shape index (κ1) is 13.9. The summed E-state index contributed by atoms with van der Waals surface area (Å²) in [5.41, 5.74) is 0.00619. The second-order valence-electron chi connectivity index (χ2n) is 6.11. The highest BCUT2D eigenvalue weighted by Crippen LogP contribution is 2.48. The van der Waals surface area contributed by atoms with Gasteiger partial charge in [0, 0.05) is 18.3 Å². The van der Waals surface area contributed by atoms with E-state index >= 15 is 0 Å². The summed E-state index contributed by atoms with van der Waals surface area (Å²) >= 11 is 0. The number of nitro benzene ring substituents is 1. The minimum absolute atomic E-state index is 0.266. The van der Waals surface area contributed by atoms with Gasteiger partial charge in [-0.05, 0) is 49.1 Å². The number of rotatable bonds is 5. The van der Waals surface area contributed by atoms with E-state index in [0.717, 1.165) is 18.4 Å². The molecule has 2 saturated carbocycles. The molecule has 0 amide bonds. The number of nitrogens with zero attached hydrogens (tertiary/aromatic N) is 1. The Morgan fingerprint density at radius 2 is 2.19 bits per heavy atom. The first-order valence-electron chi connectivity index (χ1n) is 7.30. The third-order valence-electron chi connectivity index (χ3n) is 4.88. The van der Waals surface area contributed by atoms with Crippen LogP contribution in [0.1, 0.15) is 36.0 Å². The van der Waals surface area contributed by atoms with Crippen LogP contribution in [0.2, 0.25) is 0 Å². The van der Waals surface area contributed by atoms with Crippen LogP contribution in [-0.2, 0) is 0 Å². The molecule has 2 bridgehead atoms. The van der Waals surface area contributed by atoms with Crippen molar-refractivity contribution < 1.29 is 14.8 Å². The van der Waals surface area contributed by atoms with Gasteiger partial charge in [-0.25, -0.2) is 4.79 Å². The van der Waals surface area contributed by atoms with Gasteiger partial charge in [0.15, 0.2) is 0 Å². The van der Waals surface area contributed by atoms with Crippen molar-refractivity contribution in [3.8, 4) is 0 Å². The van der Waals surface area contributed by atoms with Crippen molar-refractivity contribution in [2.45, 2.75) is 25.7 Å². The third-order valence-corrected chi connectivity index (χ3v) is 4.88. The van der Waals surface area contributed by atoms with Gasteiger partial charge >= 0.3 is 5.97 Å². The smallest absolute Gasteiger partial charge is 0.342 e. The molecule has 1 aromatic carbocycles. The molecule has 3 atom stereocenters. The molecule has 0 aromatic heterocycles. The number of hydrogen-bond acceptors (Lipinski definition) is 4. The van der Waals surface area contributed by atoms with Gasteiger partial charge in [0.25, 0.3) is 5.69 Å². The Morgan fingerprint density at radius 3 is 2.76 bits per heavy atom. The number of benzene rings is 1. The monoisotopic (exact) mass is 290 g/mol. The summed E-state index contributed by atoms with van der Waals surface area (Å²) in [6, 6.07) is 4.19. The molecular weight excluding hydrogens is 272 g/mol. The molecule has 0 spiro atoms. The summed E-state index contributed by atoms with van der Waals surface area (Å²) in [5.74, 6) is 1.03. The Bertz CT molecular complexity index is 587. The first-order chi connectivity index (χ1) is 10.0. The third kappa shape index (κ3) is 2.70. The van der Waals surface area contributed by atoms with Crippen molar-refractivity contribution in [1.82, 2.24) is 0 Å². The molecule has 2 N–H and O–H groups in total. The molecule has 0 aliphatic heterocycles. The highest BCUT2D eigenvalue weighted by atomic mass is 16.6. The van der Waals surface area contributed by atoms with E-state index in [1.165, 1.54) is 37.8 Å². The molecule has 0 radical (unpaired) electrons. The Kier molecular flexibility index (Phi) is 3.53. The van der Waals surface area contributed by atoms with Crippen LogP contribution in [-0.4, -0.2) is 22.5 Å². The van der Waals surface area contributed by atoms with Gasteiger partial charge in [-0.2, -0.15) is 0 Å². The molecule has 3 unspecified atom stereocenters. The Morgan fingerprint density at radius 1 is 1.38 bits per heavy atom. The number of anilines is 1. The minimum Gasteiger partial charge on any atom is -0.477 e.